The van der Waals surface area contributed by atoms with Crippen molar-refractivity contribution in [2.75, 3.05) is 13.1 Å². The van der Waals surface area contributed by atoms with Crippen LogP contribution in [0.1, 0.15) is 24.3 Å². The lowest BCUT2D eigenvalue weighted by atomic mass is 9.81. The molecule has 2 aromatic rings. The summed E-state index contributed by atoms with van der Waals surface area (Å²) in [7, 11) is 0. The number of nitrogens with zero attached hydrogens (tertiary/aromatic N) is 3. The molecule has 3 saturated heterocycles. The normalized spacial score (nSPS) is 29.1. The van der Waals surface area contributed by atoms with Crippen LogP contribution in [0.15, 0.2) is 28.8 Å². The van der Waals surface area contributed by atoms with Gasteiger partial charge in [0.05, 0.1) is 12.1 Å². The Bertz CT molecular complexity index is 747. The van der Waals surface area contributed by atoms with Crippen molar-refractivity contribution in [3.8, 4) is 23.2 Å². The van der Waals surface area contributed by atoms with Crippen molar-refractivity contribution < 1.29 is 9.63 Å². The van der Waals surface area contributed by atoms with Crippen LogP contribution in [0.2, 0.25) is 0 Å². The molecular weight excluding hydrogens is 290 g/mol. The smallest absolute Gasteiger partial charge is 0.223 e. The summed E-state index contributed by atoms with van der Waals surface area (Å²) in [6.07, 6.45) is 1.88. The lowest BCUT2D eigenvalue weighted by Gasteiger charge is -2.46. The van der Waals surface area contributed by atoms with Crippen LogP contribution in [0.3, 0.4) is 0 Å². The van der Waals surface area contributed by atoms with E-state index in [0.717, 1.165) is 37.1 Å². The zero-order chi connectivity index (χ0) is 15.8. The second-order valence-electron chi connectivity index (χ2n) is 6.29. The van der Waals surface area contributed by atoms with Crippen molar-refractivity contribution in [1.29, 1.82) is 0 Å². The van der Waals surface area contributed by atoms with E-state index < -0.39 is 0 Å². The molecule has 1 aromatic carbocycles. The lowest BCUT2D eigenvalue weighted by Crippen LogP contribution is -2.57. The predicted octanol–water partition coefficient (Wildman–Crippen LogP) is 1.85. The van der Waals surface area contributed by atoms with Crippen molar-refractivity contribution in [2.24, 2.45) is 5.92 Å². The maximum absolute atomic E-state index is 10.4. The molecule has 1 aromatic heterocycles. The molecule has 1 N–H and O–H groups in total. The van der Waals surface area contributed by atoms with Gasteiger partial charge < -0.3 is 9.63 Å². The van der Waals surface area contributed by atoms with Gasteiger partial charge in [0.2, 0.25) is 11.7 Å². The maximum Gasteiger partial charge on any atom is 0.223 e. The summed E-state index contributed by atoms with van der Waals surface area (Å²) in [5, 5.41) is 14.3. The molecule has 4 heterocycles. The highest BCUT2D eigenvalue weighted by Gasteiger charge is 2.40. The van der Waals surface area contributed by atoms with Crippen molar-refractivity contribution in [3.05, 3.63) is 35.7 Å². The number of hydrogen-bond donors (Lipinski definition) is 1. The third-order valence-corrected chi connectivity index (χ3v) is 4.81. The molecule has 0 aliphatic carbocycles. The number of piperidine rings is 3. The van der Waals surface area contributed by atoms with Crippen molar-refractivity contribution in [1.82, 2.24) is 15.0 Å². The van der Waals surface area contributed by atoms with Gasteiger partial charge in [-0.25, -0.2) is 0 Å². The highest BCUT2D eigenvalue weighted by atomic mass is 16.5. The van der Waals surface area contributed by atoms with E-state index in [1.165, 1.54) is 0 Å². The summed E-state index contributed by atoms with van der Waals surface area (Å²) >= 11 is 0. The van der Waals surface area contributed by atoms with Gasteiger partial charge in [-0.1, -0.05) is 17.0 Å². The van der Waals surface area contributed by atoms with Crippen LogP contribution in [-0.4, -0.2) is 45.4 Å². The van der Waals surface area contributed by atoms with Crippen LogP contribution < -0.4 is 0 Å². The van der Waals surface area contributed by atoms with Gasteiger partial charge in [0.25, 0.3) is 0 Å². The number of aliphatic hydroxyl groups excluding tert-OH is 1. The van der Waals surface area contributed by atoms with Crippen molar-refractivity contribution in [2.45, 2.75) is 31.9 Å². The molecule has 5 rings (SSSR count). The van der Waals surface area contributed by atoms with E-state index >= 15 is 0 Å². The third-order valence-electron chi connectivity index (χ3n) is 4.81. The molecule has 2 atom stereocenters. The zero-order valence-electron chi connectivity index (χ0n) is 13.1. The van der Waals surface area contributed by atoms with Gasteiger partial charge in [0.15, 0.2) is 0 Å². The highest BCUT2D eigenvalue weighted by molar-refractivity contribution is 5.56. The van der Waals surface area contributed by atoms with Crippen LogP contribution in [-0.2, 0) is 0 Å². The first kappa shape index (κ1) is 14.4. The Hall–Kier alpha value is -2.16. The van der Waals surface area contributed by atoms with Gasteiger partial charge in [0, 0.05) is 18.1 Å². The van der Waals surface area contributed by atoms with Crippen molar-refractivity contribution in [3.63, 3.8) is 0 Å². The number of fused-ring (bicyclic) bond motifs is 3. The molecule has 0 saturated carbocycles. The zero-order valence-corrected chi connectivity index (χ0v) is 13.1. The van der Waals surface area contributed by atoms with E-state index in [1.54, 1.807) is 6.92 Å². The Morgan fingerprint density at radius 3 is 2.57 bits per heavy atom. The predicted molar refractivity (Wildman–Crippen MR) is 85.4 cm³/mol. The first-order valence-electron chi connectivity index (χ1n) is 8.05. The van der Waals surface area contributed by atoms with Crippen LogP contribution in [0.5, 0.6) is 0 Å². The monoisotopic (exact) mass is 309 g/mol. The highest BCUT2D eigenvalue weighted by Crippen LogP contribution is 2.31. The standard InChI is InChI=1S/C18H19N3O2/c1-12-19-18(20-23-12)15-5-2-13(3-6-15)4-7-16-17(22)14-8-10-21(16)11-9-14/h2-3,5-6,14,16-17,22H,8-11H2,1H3. The van der Waals surface area contributed by atoms with E-state index in [0.29, 0.717) is 17.6 Å². The number of aryl methyl sites for hydroxylation is 1. The summed E-state index contributed by atoms with van der Waals surface area (Å²) in [5.41, 5.74) is 1.84. The molecule has 3 aliphatic heterocycles. The van der Waals surface area contributed by atoms with E-state index in [-0.39, 0.29) is 12.1 Å². The van der Waals surface area contributed by atoms with Crippen molar-refractivity contribution >= 4 is 0 Å². The molecule has 23 heavy (non-hydrogen) atoms. The molecular formula is C18H19N3O2. The molecule has 0 spiro atoms. The minimum Gasteiger partial charge on any atom is -0.390 e. The minimum atomic E-state index is -0.313. The molecule has 0 radical (unpaired) electrons. The molecule has 3 fully saturated rings. The van der Waals surface area contributed by atoms with Gasteiger partial charge >= 0.3 is 0 Å². The average Bonchev–Trinajstić information content (AvgIpc) is 3.02. The Morgan fingerprint density at radius 1 is 1.22 bits per heavy atom. The SMILES string of the molecule is Cc1nc(-c2ccc(C#CC3C(O)C4CCN3CC4)cc2)no1. The summed E-state index contributed by atoms with van der Waals surface area (Å²) in [5.74, 6) is 8.02. The average molecular weight is 309 g/mol. The summed E-state index contributed by atoms with van der Waals surface area (Å²) in [6, 6.07) is 7.77. The molecule has 5 nitrogen and oxygen atoms in total. The van der Waals surface area contributed by atoms with E-state index in [1.807, 2.05) is 24.3 Å². The Labute approximate surface area is 135 Å². The molecule has 118 valence electrons. The second kappa shape index (κ2) is 5.80. The lowest BCUT2D eigenvalue weighted by molar-refractivity contribution is -0.0500. The van der Waals surface area contributed by atoms with Crippen LogP contribution in [0, 0.1) is 24.7 Å². The topological polar surface area (TPSA) is 62.4 Å². The Kier molecular flexibility index (Phi) is 3.64. The summed E-state index contributed by atoms with van der Waals surface area (Å²) in [4.78, 5) is 6.51. The number of rotatable bonds is 1. The minimum absolute atomic E-state index is 0.0259. The van der Waals surface area contributed by atoms with Crippen LogP contribution in [0.4, 0.5) is 0 Å². The van der Waals surface area contributed by atoms with E-state index in [2.05, 4.69) is 26.9 Å². The molecule has 2 unspecified atom stereocenters. The summed E-state index contributed by atoms with van der Waals surface area (Å²) < 4.78 is 4.99. The number of aliphatic hydroxyl groups is 1. The summed E-state index contributed by atoms with van der Waals surface area (Å²) in [6.45, 7) is 3.88. The largest absolute Gasteiger partial charge is 0.390 e. The van der Waals surface area contributed by atoms with Gasteiger partial charge in [-0.3, -0.25) is 4.90 Å². The van der Waals surface area contributed by atoms with E-state index in [9.17, 15) is 5.11 Å². The number of aromatic nitrogens is 2. The van der Waals surface area contributed by atoms with Gasteiger partial charge in [-0.15, -0.1) is 0 Å². The molecule has 5 heteroatoms. The van der Waals surface area contributed by atoms with Gasteiger partial charge in [-0.05, 0) is 56.1 Å². The van der Waals surface area contributed by atoms with Crippen LogP contribution in [0.25, 0.3) is 11.4 Å². The fourth-order valence-corrected chi connectivity index (χ4v) is 3.47. The van der Waals surface area contributed by atoms with Crippen LogP contribution >= 0.6 is 0 Å². The fraction of sp³-hybridized carbons (Fsp3) is 0.444. The number of benzene rings is 1. The maximum atomic E-state index is 10.4. The second-order valence-corrected chi connectivity index (χ2v) is 6.29. The Morgan fingerprint density at radius 2 is 1.96 bits per heavy atom. The quantitative estimate of drug-likeness (QED) is 0.815. The van der Waals surface area contributed by atoms with Gasteiger partial charge in [0.1, 0.15) is 0 Å². The number of hydrogen-bond acceptors (Lipinski definition) is 5. The third kappa shape index (κ3) is 2.76. The Balaban J connectivity index is 1.52. The fourth-order valence-electron chi connectivity index (χ4n) is 3.47. The molecule has 0 amide bonds. The molecule has 3 aliphatic rings. The van der Waals surface area contributed by atoms with E-state index in [4.69, 9.17) is 4.52 Å². The van der Waals surface area contributed by atoms with Gasteiger partial charge in [-0.2, -0.15) is 4.98 Å². The first-order valence-corrected chi connectivity index (χ1v) is 8.05. The molecule has 2 bridgehead atoms. The first-order chi connectivity index (χ1) is 11.2.